The van der Waals surface area contributed by atoms with Crippen LogP contribution in [0.4, 0.5) is 0 Å². The number of phenolic OH excluding ortho intramolecular Hbond substituents is 3. The number of methoxy groups -OCH3 is 1. The molecule has 0 saturated carbocycles. The molecule has 3 heterocycles. The van der Waals surface area contributed by atoms with Crippen molar-refractivity contribution in [3.8, 4) is 40.1 Å². The molecule has 2 aliphatic heterocycles. The highest BCUT2D eigenvalue weighted by atomic mass is 16.7. The van der Waals surface area contributed by atoms with Crippen LogP contribution in [0, 0.1) is 0 Å². The highest BCUT2D eigenvalue weighted by molar-refractivity contribution is 5.88. The average molecular weight is 625 g/mol. The normalized spacial score (nSPS) is 32.5. The number of aromatic hydroxyl groups is 3. The van der Waals surface area contributed by atoms with Gasteiger partial charge >= 0.3 is 0 Å². The van der Waals surface area contributed by atoms with E-state index in [-0.39, 0.29) is 28.4 Å². The topological polar surface area (TPSA) is 258 Å². The molecule has 10 atom stereocenters. The average Bonchev–Trinajstić information content (AvgIpc) is 2.98. The van der Waals surface area contributed by atoms with E-state index in [4.69, 9.17) is 28.1 Å². The third kappa shape index (κ3) is 5.74. The van der Waals surface area contributed by atoms with E-state index in [1.54, 1.807) is 0 Å². The number of benzene rings is 2. The van der Waals surface area contributed by atoms with Crippen molar-refractivity contribution < 1.29 is 74.1 Å². The molecule has 44 heavy (non-hydrogen) atoms. The fraction of sp³-hybridized carbons (Fsp3) is 0.464. The summed E-state index contributed by atoms with van der Waals surface area (Å²) < 4.78 is 33.2. The van der Waals surface area contributed by atoms with Crippen molar-refractivity contribution in [3.05, 3.63) is 40.6 Å². The Morgan fingerprint density at radius 1 is 0.795 bits per heavy atom. The minimum absolute atomic E-state index is 0.0151. The molecule has 2 aliphatic rings. The van der Waals surface area contributed by atoms with Gasteiger partial charge in [-0.2, -0.15) is 0 Å². The molecular formula is C28H32O16. The Morgan fingerprint density at radius 2 is 1.48 bits per heavy atom. The lowest BCUT2D eigenvalue weighted by molar-refractivity contribution is -0.318. The number of rotatable bonds is 7. The van der Waals surface area contributed by atoms with Gasteiger partial charge in [0, 0.05) is 17.7 Å². The molecule has 5 rings (SSSR count). The molecule has 0 aliphatic carbocycles. The van der Waals surface area contributed by atoms with Crippen molar-refractivity contribution >= 4 is 11.0 Å². The second-order valence-electron chi connectivity index (χ2n) is 10.5. The molecule has 0 spiro atoms. The van der Waals surface area contributed by atoms with Gasteiger partial charge in [-0.25, -0.2) is 0 Å². The molecule has 1 aromatic heterocycles. The summed E-state index contributed by atoms with van der Waals surface area (Å²) in [5.41, 5.74) is -1.11. The molecule has 9 N–H and O–H groups in total. The molecule has 4 unspecified atom stereocenters. The predicted molar refractivity (Wildman–Crippen MR) is 145 cm³/mol. The summed E-state index contributed by atoms with van der Waals surface area (Å²) in [5.74, 6) is -2.28. The second-order valence-corrected chi connectivity index (χ2v) is 10.5. The zero-order valence-electron chi connectivity index (χ0n) is 23.3. The van der Waals surface area contributed by atoms with E-state index >= 15 is 0 Å². The van der Waals surface area contributed by atoms with Crippen LogP contribution in [0.5, 0.6) is 28.7 Å². The van der Waals surface area contributed by atoms with Crippen LogP contribution in [0.1, 0.15) is 6.92 Å². The van der Waals surface area contributed by atoms with Gasteiger partial charge in [-0.3, -0.25) is 4.79 Å². The Kier molecular flexibility index (Phi) is 8.90. The molecule has 2 fully saturated rings. The van der Waals surface area contributed by atoms with E-state index in [1.165, 1.54) is 32.2 Å². The van der Waals surface area contributed by atoms with Gasteiger partial charge in [-0.05, 0) is 25.1 Å². The van der Waals surface area contributed by atoms with Crippen molar-refractivity contribution in [1.29, 1.82) is 0 Å². The number of fused-ring (bicyclic) bond motifs is 1. The Balaban J connectivity index is 1.49. The van der Waals surface area contributed by atoms with Crippen molar-refractivity contribution in [2.75, 3.05) is 13.7 Å². The molecule has 0 amide bonds. The lowest BCUT2D eigenvalue weighted by atomic mass is 9.98. The monoisotopic (exact) mass is 624 g/mol. The standard InChI is InChI=1S/C28H32O16/c1-9-18(32)21(35)23(37)27(41-9)40-8-16-19(33)22(36)24(38)28(43-16)44-26-20(34)17-13(31)6-11(29)7-15(17)42-25(26)10-3-4-12(30)14(5-10)39-2/h3-7,9,16,18-19,21-24,27-33,35-38H,8H2,1-2H3/t9?,16?,18-,19+,21-,22+,23?,24?,27+,28-/m1/s1. The summed E-state index contributed by atoms with van der Waals surface area (Å²) in [6, 6.07) is 5.83. The molecule has 0 bridgehead atoms. The van der Waals surface area contributed by atoms with E-state index in [0.29, 0.717) is 0 Å². The Labute approximate surface area is 248 Å². The summed E-state index contributed by atoms with van der Waals surface area (Å²) >= 11 is 0. The van der Waals surface area contributed by atoms with Crippen LogP contribution in [0.25, 0.3) is 22.3 Å². The van der Waals surface area contributed by atoms with Gasteiger partial charge in [-0.1, -0.05) is 0 Å². The highest BCUT2D eigenvalue weighted by Crippen LogP contribution is 2.39. The summed E-state index contributed by atoms with van der Waals surface area (Å²) in [6.07, 6.45) is -16.0. The zero-order chi connectivity index (χ0) is 32.0. The maximum absolute atomic E-state index is 13.7. The molecule has 16 heteroatoms. The van der Waals surface area contributed by atoms with E-state index in [1.807, 2.05) is 0 Å². The smallest absolute Gasteiger partial charge is 0.239 e. The first-order valence-electron chi connectivity index (χ1n) is 13.4. The Bertz CT molecular complexity index is 1560. The largest absolute Gasteiger partial charge is 0.508 e. The molecule has 2 aromatic carbocycles. The van der Waals surface area contributed by atoms with E-state index < -0.39 is 96.1 Å². The van der Waals surface area contributed by atoms with Crippen LogP contribution in [0.3, 0.4) is 0 Å². The first-order chi connectivity index (χ1) is 20.8. The van der Waals surface area contributed by atoms with Gasteiger partial charge < -0.3 is 74.1 Å². The molecule has 0 radical (unpaired) electrons. The van der Waals surface area contributed by atoms with Gasteiger partial charge in [0.25, 0.3) is 0 Å². The van der Waals surface area contributed by atoms with Gasteiger partial charge in [0.05, 0.1) is 19.8 Å². The van der Waals surface area contributed by atoms with Gasteiger partial charge in [0.1, 0.15) is 65.2 Å². The SMILES string of the molecule is COc1cc(-c2oc3cc(O)cc(O)c3c(=O)c2O[C@H]2OC(CO[C@H]3OC(C)[C@@H](O)[C@@H](O)C3O)[C@H](O)[C@H](O)C2O)ccc1O. The van der Waals surface area contributed by atoms with Crippen LogP contribution >= 0.6 is 0 Å². The van der Waals surface area contributed by atoms with Gasteiger partial charge in [0.15, 0.2) is 23.5 Å². The molecule has 3 aromatic rings. The third-order valence-electron chi connectivity index (χ3n) is 7.50. The predicted octanol–water partition coefficient (Wildman–Crippen LogP) is -1.38. The maximum atomic E-state index is 13.7. The summed E-state index contributed by atoms with van der Waals surface area (Å²) in [5, 5.41) is 92.1. The van der Waals surface area contributed by atoms with E-state index in [9.17, 15) is 50.8 Å². The summed E-state index contributed by atoms with van der Waals surface area (Å²) in [4.78, 5) is 13.7. The number of hydrogen-bond acceptors (Lipinski definition) is 16. The quantitative estimate of drug-likeness (QED) is 0.147. The maximum Gasteiger partial charge on any atom is 0.239 e. The number of ether oxygens (including phenoxy) is 5. The van der Waals surface area contributed by atoms with Crippen molar-refractivity contribution in [2.45, 2.75) is 68.3 Å². The molecule has 240 valence electrons. The highest BCUT2D eigenvalue weighted by Gasteiger charge is 2.47. The Morgan fingerprint density at radius 3 is 2.18 bits per heavy atom. The summed E-state index contributed by atoms with van der Waals surface area (Å²) in [6.45, 7) is 0.845. The van der Waals surface area contributed by atoms with E-state index in [2.05, 4.69) is 0 Å². The second kappa shape index (κ2) is 12.4. The fourth-order valence-corrected chi connectivity index (χ4v) is 4.99. The lowest BCUT2D eigenvalue weighted by Crippen LogP contribution is -2.61. The van der Waals surface area contributed by atoms with E-state index in [0.717, 1.165) is 12.1 Å². The van der Waals surface area contributed by atoms with Crippen molar-refractivity contribution in [2.24, 2.45) is 0 Å². The minimum Gasteiger partial charge on any atom is -0.508 e. The first-order valence-corrected chi connectivity index (χ1v) is 13.4. The lowest BCUT2D eigenvalue weighted by Gasteiger charge is -2.42. The van der Waals surface area contributed by atoms with Crippen molar-refractivity contribution in [3.63, 3.8) is 0 Å². The van der Waals surface area contributed by atoms with Crippen LogP contribution < -0.4 is 14.9 Å². The van der Waals surface area contributed by atoms with Crippen LogP contribution in [-0.2, 0) is 14.2 Å². The van der Waals surface area contributed by atoms with Crippen LogP contribution in [0.15, 0.2) is 39.5 Å². The molecule has 16 nitrogen and oxygen atoms in total. The number of aliphatic hydroxyl groups excluding tert-OH is 6. The number of phenols is 3. The van der Waals surface area contributed by atoms with Crippen LogP contribution in [0.2, 0.25) is 0 Å². The van der Waals surface area contributed by atoms with Crippen molar-refractivity contribution in [1.82, 2.24) is 0 Å². The number of aliphatic hydroxyl groups is 6. The third-order valence-corrected chi connectivity index (χ3v) is 7.50. The van der Waals surface area contributed by atoms with Gasteiger partial charge in [-0.15, -0.1) is 0 Å². The van der Waals surface area contributed by atoms with Crippen LogP contribution in [-0.4, -0.2) is 121 Å². The minimum atomic E-state index is -1.94. The number of hydrogen-bond donors (Lipinski definition) is 9. The molecule has 2 saturated heterocycles. The zero-order valence-corrected chi connectivity index (χ0v) is 23.3. The fourth-order valence-electron chi connectivity index (χ4n) is 4.99. The Hall–Kier alpha value is -3.71. The van der Waals surface area contributed by atoms with Gasteiger partial charge in [0.2, 0.25) is 17.5 Å². The molecular weight excluding hydrogens is 592 g/mol. The summed E-state index contributed by atoms with van der Waals surface area (Å²) in [7, 11) is 1.28. The first kappa shape index (κ1) is 31.7.